The summed E-state index contributed by atoms with van der Waals surface area (Å²) in [7, 11) is 1.59. The van der Waals surface area contributed by atoms with Crippen molar-refractivity contribution in [1.29, 1.82) is 0 Å². The van der Waals surface area contributed by atoms with Crippen molar-refractivity contribution in [3.63, 3.8) is 0 Å². The topological polar surface area (TPSA) is 89.0 Å². The summed E-state index contributed by atoms with van der Waals surface area (Å²) in [5.74, 6) is -0.717. The lowest BCUT2D eigenvalue weighted by Crippen LogP contribution is -2.31. The number of ether oxygens (including phenoxy) is 2. The van der Waals surface area contributed by atoms with E-state index in [4.69, 9.17) is 9.47 Å². The molecule has 1 aromatic heterocycles. The van der Waals surface area contributed by atoms with Gasteiger partial charge in [0.15, 0.2) is 0 Å². The number of nitrogens with zero attached hydrogens (tertiary/aromatic N) is 2. The largest absolute Gasteiger partial charge is 0.507 e. The monoisotopic (exact) mass is 408 g/mol. The lowest BCUT2D eigenvalue weighted by Gasteiger charge is -2.25. The van der Waals surface area contributed by atoms with Crippen LogP contribution in [0.1, 0.15) is 36.1 Å². The van der Waals surface area contributed by atoms with Gasteiger partial charge < -0.3 is 19.5 Å². The number of pyridine rings is 1. The van der Waals surface area contributed by atoms with Crippen molar-refractivity contribution in [2.24, 2.45) is 0 Å². The van der Waals surface area contributed by atoms with Gasteiger partial charge in [-0.2, -0.15) is 0 Å². The molecular formula is C23H24N2O5. The van der Waals surface area contributed by atoms with Gasteiger partial charge in [-0.05, 0) is 48.7 Å². The SMILES string of the molecule is COCCCN1C(=O)C(=O)/C(=C(/O)c2ccc3c(c2)C[C@@H](C)O3)[C@@H]1c1cccnc1. The van der Waals surface area contributed by atoms with E-state index >= 15 is 0 Å². The fraction of sp³-hybridized carbons (Fsp3) is 0.348. The van der Waals surface area contributed by atoms with Gasteiger partial charge in [0.25, 0.3) is 11.7 Å². The van der Waals surface area contributed by atoms with E-state index in [1.54, 1.807) is 43.8 Å². The number of aliphatic hydroxyl groups is 1. The molecular weight excluding hydrogens is 384 g/mol. The highest BCUT2D eigenvalue weighted by atomic mass is 16.5. The second kappa shape index (κ2) is 8.28. The predicted octanol–water partition coefficient (Wildman–Crippen LogP) is 2.86. The summed E-state index contributed by atoms with van der Waals surface area (Å²) in [6, 6.07) is 8.19. The second-order valence-electron chi connectivity index (χ2n) is 7.58. The van der Waals surface area contributed by atoms with E-state index in [9.17, 15) is 14.7 Å². The van der Waals surface area contributed by atoms with Crippen molar-refractivity contribution in [2.75, 3.05) is 20.3 Å². The number of fused-ring (bicyclic) bond motifs is 1. The van der Waals surface area contributed by atoms with Crippen molar-refractivity contribution >= 4 is 17.4 Å². The smallest absolute Gasteiger partial charge is 0.295 e. The van der Waals surface area contributed by atoms with Gasteiger partial charge in [0, 0.05) is 44.6 Å². The number of amides is 1. The Morgan fingerprint density at radius 1 is 1.33 bits per heavy atom. The number of likely N-dealkylation sites (tertiary alicyclic amines) is 1. The summed E-state index contributed by atoms with van der Waals surface area (Å²) >= 11 is 0. The van der Waals surface area contributed by atoms with Gasteiger partial charge in [0.1, 0.15) is 17.6 Å². The van der Waals surface area contributed by atoms with Crippen molar-refractivity contribution in [1.82, 2.24) is 9.88 Å². The zero-order valence-corrected chi connectivity index (χ0v) is 17.0. The maximum absolute atomic E-state index is 12.9. The molecule has 1 saturated heterocycles. The molecule has 0 radical (unpaired) electrons. The zero-order valence-electron chi connectivity index (χ0n) is 17.0. The minimum absolute atomic E-state index is 0.0687. The lowest BCUT2D eigenvalue weighted by molar-refractivity contribution is -0.140. The van der Waals surface area contributed by atoms with Crippen molar-refractivity contribution in [3.05, 3.63) is 65.0 Å². The Hall–Kier alpha value is -3.19. The van der Waals surface area contributed by atoms with Crippen LogP contribution in [0.3, 0.4) is 0 Å². The quantitative estimate of drug-likeness (QED) is 0.342. The fourth-order valence-electron chi connectivity index (χ4n) is 4.10. The van der Waals surface area contributed by atoms with Crippen LogP contribution < -0.4 is 4.74 Å². The summed E-state index contributed by atoms with van der Waals surface area (Å²) in [5.41, 5.74) is 2.22. The van der Waals surface area contributed by atoms with E-state index in [-0.39, 0.29) is 17.4 Å². The Bertz CT molecular complexity index is 1000. The van der Waals surface area contributed by atoms with Gasteiger partial charge >= 0.3 is 0 Å². The standard InChI is InChI=1S/C23H24N2O5/c1-14-11-17-12-15(6-7-18(17)30-14)21(26)19-20(16-5-3-8-24-13-16)25(9-4-10-29-2)23(28)22(19)27/h3,5-8,12-14,20,26H,4,9-11H2,1-2H3/b21-19+/t14-,20+/m1/s1. The third-order valence-corrected chi connectivity index (χ3v) is 5.46. The third-order valence-electron chi connectivity index (χ3n) is 5.46. The zero-order chi connectivity index (χ0) is 21.3. The van der Waals surface area contributed by atoms with Gasteiger partial charge in [-0.1, -0.05) is 6.07 Å². The molecule has 156 valence electrons. The average molecular weight is 408 g/mol. The number of methoxy groups -OCH3 is 1. The van der Waals surface area contributed by atoms with Crippen LogP contribution in [0.25, 0.3) is 5.76 Å². The van der Waals surface area contributed by atoms with Crippen LogP contribution in [0.2, 0.25) is 0 Å². The highest BCUT2D eigenvalue weighted by Gasteiger charge is 2.46. The summed E-state index contributed by atoms with van der Waals surface area (Å²) in [4.78, 5) is 31.4. The Morgan fingerprint density at radius 2 is 2.17 bits per heavy atom. The highest BCUT2D eigenvalue weighted by Crippen LogP contribution is 2.40. The number of hydrogen-bond donors (Lipinski definition) is 1. The fourth-order valence-corrected chi connectivity index (χ4v) is 4.10. The molecule has 4 rings (SSSR count). The number of benzene rings is 1. The van der Waals surface area contributed by atoms with Crippen LogP contribution in [-0.2, 0) is 20.7 Å². The first-order valence-electron chi connectivity index (χ1n) is 9.98. The predicted molar refractivity (Wildman–Crippen MR) is 110 cm³/mol. The number of Topliss-reactive ketones (excluding diaryl/α,β-unsaturated/α-hetero) is 1. The normalized spacial score (nSPS) is 22.3. The molecule has 2 aliphatic heterocycles. The molecule has 0 aliphatic carbocycles. The first-order valence-corrected chi connectivity index (χ1v) is 9.98. The van der Waals surface area contributed by atoms with E-state index in [1.807, 2.05) is 13.0 Å². The Labute approximate surface area is 174 Å². The molecule has 0 saturated carbocycles. The molecule has 0 bridgehead atoms. The highest BCUT2D eigenvalue weighted by molar-refractivity contribution is 6.46. The molecule has 30 heavy (non-hydrogen) atoms. The molecule has 7 heteroatoms. The molecule has 0 spiro atoms. The van der Waals surface area contributed by atoms with Crippen molar-refractivity contribution in [3.8, 4) is 5.75 Å². The molecule has 2 aliphatic rings. The summed E-state index contributed by atoms with van der Waals surface area (Å²) in [5, 5.41) is 11.1. The van der Waals surface area contributed by atoms with Crippen LogP contribution >= 0.6 is 0 Å². The van der Waals surface area contributed by atoms with Crippen LogP contribution in [-0.4, -0.2) is 53.0 Å². The number of aromatic nitrogens is 1. The number of carbonyl (C=O) groups excluding carboxylic acids is 2. The first-order chi connectivity index (χ1) is 14.5. The Morgan fingerprint density at radius 3 is 2.90 bits per heavy atom. The number of aliphatic hydroxyl groups excluding tert-OH is 1. The van der Waals surface area contributed by atoms with Gasteiger partial charge in [0.05, 0.1) is 11.6 Å². The average Bonchev–Trinajstić information content (AvgIpc) is 3.25. The van der Waals surface area contributed by atoms with E-state index in [1.165, 1.54) is 4.90 Å². The first kappa shape index (κ1) is 20.1. The number of ketones is 1. The van der Waals surface area contributed by atoms with Gasteiger partial charge in [0.2, 0.25) is 0 Å². The van der Waals surface area contributed by atoms with Crippen LogP contribution in [0.15, 0.2) is 48.3 Å². The van der Waals surface area contributed by atoms with Crippen molar-refractivity contribution < 1.29 is 24.2 Å². The van der Waals surface area contributed by atoms with Gasteiger partial charge in [-0.15, -0.1) is 0 Å². The van der Waals surface area contributed by atoms with Crippen LogP contribution in [0.5, 0.6) is 5.75 Å². The minimum atomic E-state index is -0.695. The molecule has 7 nitrogen and oxygen atoms in total. The molecule has 2 atom stereocenters. The molecule has 3 heterocycles. The molecule has 2 aromatic rings. The van der Waals surface area contributed by atoms with Gasteiger partial charge in [-0.3, -0.25) is 14.6 Å². The van der Waals surface area contributed by atoms with Crippen LogP contribution in [0.4, 0.5) is 0 Å². The lowest BCUT2D eigenvalue weighted by atomic mass is 9.95. The van der Waals surface area contributed by atoms with Crippen molar-refractivity contribution in [2.45, 2.75) is 31.9 Å². The Kier molecular flexibility index (Phi) is 5.55. The molecule has 1 N–H and O–H groups in total. The molecule has 0 unspecified atom stereocenters. The summed E-state index contributed by atoms with van der Waals surface area (Å²) in [6.07, 6.45) is 4.62. The summed E-state index contributed by atoms with van der Waals surface area (Å²) < 4.78 is 10.8. The Balaban J connectivity index is 1.78. The van der Waals surface area contributed by atoms with E-state index < -0.39 is 17.7 Å². The van der Waals surface area contributed by atoms with E-state index in [0.29, 0.717) is 30.7 Å². The van der Waals surface area contributed by atoms with Gasteiger partial charge in [-0.25, -0.2) is 0 Å². The van der Waals surface area contributed by atoms with E-state index in [2.05, 4.69) is 4.98 Å². The third kappa shape index (κ3) is 3.57. The maximum atomic E-state index is 12.9. The molecule has 1 fully saturated rings. The maximum Gasteiger partial charge on any atom is 0.295 e. The summed E-state index contributed by atoms with van der Waals surface area (Å²) in [6.45, 7) is 2.78. The van der Waals surface area contributed by atoms with E-state index in [0.717, 1.165) is 17.7 Å². The van der Waals surface area contributed by atoms with Crippen LogP contribution in [0, 0.1) is 0 Å². The second-order valence-corrected chi connectivity index (χ2v) is 7.58. The minimum Gasteiger partial charge on any atom is -0.507 e. The number of carbonyl (C=O) groups is 2. The number of rotatable bonds is 6. The molecule has 1 aromatic carbocycles. The number of hydrogen-bond acceptors (Lipinski definition) is 6. The molecule has 1 amide bonds.